The average molecular weight is 386 g/mol. The number of sulfonamides is 1. The maximum Gasteiger partial charge on any atom is 0.226 e. The highest BCUT2D eigenvalue weighted by atomic mass is 32.2. The van der Waals surface area contributed by atoms with Crippen LogP contribution in [0.25, 0.3) is 16.7 Å². The Morgan fingerprint density at radius 2 is 1.89 bits per heavy atom. The molecule has 0 bridgehead atoms. The van der Waals surface area contributed by atoms with Crippen molar-refractivity contribution in [3.05, 3.63) is 42.7 Å². The molecule has 9 heteroatoms. The van der Waals surface area contributed by atoms with Crippen molar-refractivity contribution < 1.29 is 8.42 Å². The summed E-state index contributed by atoms with van der Waals surface area (Å²) >= 11 is 0. The van der Waals surface area contributed by atoms with Crippen molar-refractivity contribution in [2.75, 3.05) is 11.6 Å². The van der Waals surface area contributed by atoms with E-state index in [-0.39, 0.29) is 0 Å². The zero-order valence-corrected chi connectivity index (χ0v) is 15.9. The second kappa shape index (κ2) is 6.90. The van der Waals surface area contributed by atoms with Crippen LogP contribution in [-0.4, -0.2) is 40.1 Å². The van der Waals surface area contributed by atoms with E-state index in [1.165, 1.54) is 6.26 Å². The molecule has 8 nitrogen and oxygen atoms in total. The Balaban J connectivity index is 1.67. The summed E-state index contributed by atoms with van der Waals surface area (Å²) < 4.78 is 28.3. The van der Waals surface area contributed by atoms with E-state index in [1.807, 2.05) is 24.3 Å². The molecule has 0 unspecified atom stereocenters. The fourth-order valence-corrected chi connectivity index (χ4v) is 4.62. The summed E-state index contributed by atoms with van der Waals surface area (Å²) in [6, 6.07) is 9.67. The Kier molecular flexibility index (Phi) is 4.56. The van der Waals surface area contributed by atoms with Gasteiger partial charge < -0.3 is 5.32 Å². The zero-order chi connectivity index (χ0) is 18.9. The summed E-state index contributed by atoms with van der Waals surface area (Å²) in [6.45, 7) is 0. The molecule has 1 aliphatic carbocycles. The van der Waals surface area contributed by atoms with E-state index in [4.69, 9.17) is 0 Å². The molecule has 2 aromatic heterocycles. The molecule has 0 saturated heterocycles. The molecule has 0 radical (unpaired) electrons. The molecular formula is C18H22N6O2S. The van der Waals surface area contributed by atoms with Gasteiger partial charge in [-0.1, -0.05) is 24.6 Å². The van der Waals surface area contributed by atoms with E-state index in [0.29, 0.717) is 24.6 Å². The Labute approximate surface area is 158 Å². The third-order valence-corrected chi connectivity index (χ3v) is 5.54. The van der Waals surface area contributed by atoms with Gasteiger partial charge in [-0.05, 0) is 31.7 Å². The minimum Gasteiger partial charge on any atom is -0.335 e. The SMILES string of the molecule is CS(=O)(=O)NC1(Nc2nccc(-n3ncc4ccccc43)n2)CCCCC1. The van der Waals surface area contributed by atoms with Crippen molar-refractivity contribution in [2.24, 2.45) is 0 Å². The number of anilines is 1. The molecule has 2 heterocycles. The van der Waals surface area contributed by atoms with E-state index in [2.05, 4.69) is 25.1 Å². The van der Waals surface area contributed by atoms with Crippen LogP contribution in [0.2, 0.25) is 0 Å². The van der Waals surface area contributed by atoms with Crippen molar-refractivity contribution in [3.63, 3.8) is 0 Å². The van der Waals surface area contributed by atoms with E-state index < -0.39 is 15.7 Å². The Morgan fingerprint density at radius 3 is 2.67 bits per heavy atom. The van der Waals surface area contributed by atoms with Crippen LogP contribution in [0.15, 0.2) is 42.7 Å². The highest BCUT2D eigenvalue weighted by Crippen LogP contribution is 2.29. The van der Waals surface area contributed by atoms with Crippen LogP contribution in [0.5, 0.6) is 0 Å². The number of hydrogen-bond acceptors (Lipinski definition) is 6. The highest BCUT2D eigenvalue weighted by molar-refractivity contribution is 7.88. The van der Waals surface area contributed by atoms with E-state index in [0.717, 1.165) is 30.2 Å². The molecule has 1 saturated carbocycles. The molecule has 142 valence electrons. The fraction of sp³-hybridized carbons (Fsp3) is 0.389. The molecule has 3 aromatic rings. The smallest absolute Gasteiger partial charge is 0.226 e. The maximum atomic E-state index is 11.9. The molecule has 0 atom stereocenters. The topological polar surface area (TPSA) is 102 Å². The zero-order valence-electron chi connectivity index (χ0n) is 15.1. The van der Waals surface area contributed by atoms with Crippen molar-refractivity contribution in [1.82, 2.24) is 24.5 Å². The van der Waals surface area contributed by atoms with Gasteiger partial charge in [-0.15, -0.1) is 0 Å². The predicted octanol–water partition coefficient (Wildman–Crippen LogP) is 2.44. The third-order valence-electron chi connectivity index (χ3n) is 4.77. The van der Waals surface area contributed by atoms with Gasteiger partial charge in [0.25, 0.3) is 0 Å². The number of fused-ring (bicyclic) bond motifs is 1. The lowest BCUT2D eigenvalue weighted by Gasteiger charge is -2.38. The van der Waals surface area contributed by atoms with Crippen LogP contribution in [0.4, 0.5) is 5.95 Å². The number of benzene rings is 1. The number of aromatic nitrogens is 4. The summed E-state index contributed by atoms with van der Waals surface area (Å²) in [4.78, 5) is 8.88. The first-order valence-electron chi connectivity index (χ1n) is 8.98. The molecule has 1 aromatic carbocycles. The predicted molar refractivity (Wildman–Crippen MR) is 104 cm³/mol. The Hall–Kier alpha value is -2.52. The Morgan fingerprint density at radius 1 is 1.11 bits per heavy atom. The summed E-state index contributed by atoms with van der Waals surface area (Å²) in [7, 11) is -3.37. The van der Waals surface area contributed by atoms with Gasteiger partial charge in [0, 0.05) is 17.6 Å². The lowest BCUT2D eigenvalue weighted by molar-refractivity contribution is 0.303. The fourth-order valence-electron chi connectivity index (χ4n) is 3.66. The lowest BCUT2D eigenvalue weighted by Crippen LogP contribution is -2.55. The number of nitrogens with one attached hydrogen (secondary N) is 2. The minimum atomic E-state index is -3.37. The van der Waals surface area contributed by atoms with Crippen LogP contribution >= 0.6 is 0 Å². The van der Waals surface area contributed by atoms with Crippen LogP contribution in [0, 0.1) is 0 Å². The van der Waals surface area contributed by atoms with Crippen molar-refractivity contribution in [2.45, 2.75) is 37.8 Å². The van der Waals surface area contributed by atoms with Gasteiger partial charge in [0.15, 0.2) is 5.82 Å². The first kappa shape index (κ1) is 17.9. The summed E-state index contributed by atoms with van der Waals surface area (Å²) in [5.74, 6) is 1.00. The first-order chi connectivity index (χ1) is 12.9. The minimum absolute atomic E-state index is 0.380. The molecule has 2 N–H and O–H groups in total. The largest absolute Gasteiger partial charge is 0.335 e. The summed E-state index contributed by atoms with van der Waals surface area (Å²) in [5, 5.41) is 8.69. The quantitative estimate of drug-likeness (QED) is 0.653. The van der Waals surface area contributed by atoms with Crippen molar-refractivity contribution >= 4 is 26.9 Å². The number of para-hydroxylation sites is 1. The lowest BCUT2D eigenvalue weighted by atomic mass is 9.90. The summed E-state index contributed by atoms with van der Waals surface area (Å²) in [5.41, 5.74) is 0.195. The highest BCUT2D eigenvalue weighted by Gasteiger charge is 2.35. The average Bonchev–Trinajstić information content (AvgIpc) is 3.05. The second-order valence-corrected chi connectivity index (χ2v) is 8.74. The van der Waals surface area contributed by atoms with Gasteiger partial charge in [-0.3, -0.25) is 0 Å². The van der Waals surface area contributed by atoms with Crippen molar-refractivity contribution in [3.8, 4) is 5.82 Å². The monoisotopic (exact) mass is 386 g/mol. The maximum absolute atomic E-state index is 11.9. The molecule has 0 amide bonds. The summed E-state index contributed by atoms with van der Waals surface area (Å²) in [6.07, 6.45) is 8.98. The second-order valence-electron chi connectivity index (χ2n) is 7.00. The molecule has 27 heavy (non-hydrogen) atoms. The van der Waals surface area contributed by atoms with Gasteiger partial charge in [0.05, 0.1) is 18.0 Å². The van der Waals surface area contributed by atoms with E-state index >= 15 is 0 Å². The van der Waals surface area contributed by atoms with Gasteiger partial charge in [-0.25, -0.2) is 18.1 Å². The normalized spacial score (nSPS) is 17.1. The number of nitrogens with zero attached hydrogens (tertiary/aromatic N) is 4. The van der Waals surface area contributed by atoms with Gasteiger partial charge >= 0.3 is 0 Å². The van der Waals surface area contributed by atoms with Crippen molar-refractivity contribution in [1.29, 1.82) is 0 Å². The standard InChI is InChI=1S/C18H22N6O2S/c1-27(25,26)23-18(10-5-2-6-11-18)22-17-19-12-9-16(21-17)24-15-8-4-3-7-14(15)13-20-24/h3-4,7-9,12-13,23H,2,5-6,10-11H2,1H3,(H,19,21,22). The third kappa shape index (κ3) is 3.93. The number of rotatable bonds is 5. The van der Waals surface area contributed by atoms with Crippen LogP contribution in [0.3, 0.4) is 0 Å². The molecule has 0 aliphatic heterocycles. The first-order valence-corrected chi connectivity index (χ1v) is 10.9. The Bertz CT molecular complexity index is 1060. The van der Waals surface area contributed by atoms with Gasteiger partial charge in [-0.2, -0.15) is 14.8 Å². The van der Waals surface area contributed by atoms with E-state index in [9.17, 15) is 8.42 Å². The number of hydrogen-bond donors (Lipinski definition) is 2. The van der Waals surface area contributed by atoms with Gasteiger partial charge in [0.1, 0.15) is 5.66 Å². The molecule has 1 fully saturated rings. The van der Waals surface area contributed by atoms with Crippen LogP contribution in [-0.2, 0) is 10.0 Å². The van der Waals surface area contributed by atoms with Crippen LogP contribution < -0.4 is 10.0 Å². The molecule has 4 rings (SSSR count). The van der Waals surface area contributed by atoms with E-state index in [1.54, 1.807) is 23.1 Å². The van der Waals surface area contributed by atoms with Gasteiger partial charge in [0.2, 0.25) is 16.0 Å². The molecular weight excluding hydrogens is 364 g/mol. The van der Waals surface area contributed by atoms with Crippen LogP contribution in [0.1, 0.15) is 32.1 Å². The molecule has 1 aliphatic rings. The molecule has 0 spiro atoms.